The van der Waals surface area contributed by atoms with Crippen molar-refractivity contribution < 1.29 is 9.53 Å². The Bertz CT molecular complexity index is 336. The molecule has 1 N–H and O–H groups in total. The van der Waals surface area contributed by atoms with Crippen molar-refractivity contribution in [3.8, 4) is 0 Å². The second-order valence-electron chi connectivity index (χ2n) is 6.50. The molecule has 2 atom stereocenters. The minimum Gasteiger partial charge on any atom is -0.378 e. The second-order valence-corrected chi connectivity index (χ2v) is 6.50. The molecule has 0 aromatic carbocycles. The zero-order valence-electron chi connectivity index (χ0n) is 12.0. The van der Waals surface area contributed by atoms with Crippen LogP contribution in [0.15, 0.2) is 0 Å². The van der Waals surface area contributed by atoms with Crippen molar-refractivity contribution >= 4 is 5.91 Å². The smallest absolute Gasteiger partial charge is 0.224 e. The van der Waals surface area contributed by atoms with E-state index in [9.17, 15) is 4.79 Å². The van der Waals surface area contributed by atoms with Crippen molar-refractivity contribution in [3.63, 3.8) is 0 Å². The van der Waals surface area contributed by atoms with E-state index in [4.69, 9.17) is 4.74 Å². The van der Waals surface area contributed by atoms with Crippen LogP contribution in [0.3, 0.4) is 0 Å². The lowest BCUT2D eigenvalue weighted by Crippen LogP contribution is -2.49. The Morgan fingerprint density at radius 1 is 1.42 bits per heavy atom. The zero-order valence-corrected chi connectivity index (χ0v) is 12.0. The first-order valence-electron chi connectivity index (χ1n) is 7.84. The molecule has 2 heterocycles. The monoisotopic (exact) mass is 266 g/mol. The minimum atomic E-state index is 0.147. The van der Waals surface area contributed by atoms with Gasteiger partial charge in [0.05, 0.1) is 19.1 Å². The van der Waals surface area contributed by atoms with E-state index in [0.29, 0.717) is 11.5 Å². The number of morpholine rings is 1. The van der Waals surface area contributed by atoms with E-state index in [1.165, 1.54) is 25.7 Å². The summed E-state index contributed by atoms with van der Waals surface area (Å²) in [6, 6.07) is 0.327. The summed E-state index contributed by atoms with van der Waals surface area (Å²) in [5.74, 6) is 0.409. The highest BCUT2D eigenvalue weighted by atomic mass is 16.5. The van der Waals surface area contributed by atoms with Crippen LogP contribution in [-0.4, -0.2) is 49.7 Å². The fourth-order valence-electron chi connectivity index (χ4n) is 3.85. The number of hydrogen-bond acceptors (Lipinski definition) is 3. The highest BCUT2D eigenvalue weighted by Crippen LogP contribution is 2.43. The van der Waals surface area contributed by atoms with Crippen molar-refractivity contribution in [1.29, 1.82) is 0 Å². The van der Waals surface area contributed by atoms with E-state index >= 15 is 0 Å². The first-order chi connectivity index (χ1) is 9.24. The number of carbonyl (C=O) groups is 1. The summed E-state index contributed by atoms with van der Waals surface area (Å²) < 4.78 is 5.54. The average molecular weight is 266 g/mol. The van der Waals surface area contributed by atoms with Crippen molar-refractivity contribution in [2.45, 2.75) is 45.1 Å². The van der Waals surface area contributed by atoms with Crippen LogP contribution in [0.4, 0.5) is 0 Å². The largest absolute Gasteiger partial charge is 0.378 e. The van der Waals surface area contributed by atoms with Crippen LogP contribution in [0.1, 0.15) is 39.0 Å². The number of carbonyl (C=O) groups excluding carboxylic acids is 1. The van der Waals surface area contributed by atoms with Crippen molar-refractivity contribution in [2.24, 2.45) is 11.3 Å². The van der Waals surface area contributed by atoms with Gasteiger partial charge in [-0.2, -0.15) is 0 Å². The Hall–Kier alpha value is -0.610. The maximum absolute atomic E-state index is 12.4. The molecule has 0 aromatic heterocycles. The van der Waals surface area contributed by atoms with Crippen molar-refractivity contribution in [2.75, 3.05) is 32.8 Å². The quantitative estimate of drug-likeness (QED) is 0.836. The van der Waals surface area contributed by atoms with E-state index in [0.717, 1.165) is 39.3 Å². The SMILES string of the molecule is CCC1(CNC(=O)C2CCN3CCOCC23)CCC1. The molecule has 4 nitrogen and oxygen atoms in total. The summed E-state index contributed by atoms with van der Waals surface area (Å²) >= 11 is 0. The third-order valence-electron chi connectivity index (χ3n) is 5.61. The van der Waals surface area contributed by atoms with E-state index < -0.39 is 0 Å². The van der Waals surface area contributed by atoms with Gasteiger partial charge in [0.15, 0.2) is 0 Å². The summed E-state index contributed by atoms with van der Waals surface area (Å²) in [4.78, 5) is 14.8. The van der Waals surface area contributed by atoms with Gasteiger partial charge in [0.1, 0.15) is 0 Å². The van der Waals surface area contributed by atoms with E-state index in [1.54, 1.807) is 0 Å². The maximum atomic E-state index is 12.4. The number of nitrogens with zero attached hydrogens (tertiary/aromatic N) is 1. The van der Waals surface area contributed by atoms with E-state index in [-0.39, 0.29) is 11.8 Å². The lowest BCUT2D eigenvalue weighted by Gasteiger charge is -2.41. The molecule has 3 aliphatic rings. The molecule has 0 bridgehead atoms. The number of ether oxygens (including phenoxy) is 1. The Morgan fingerprint density at radius 3 is 2.95 bits per heavy atom. The molecule has 4 heteroatoms. The molecule has 2 unspecified atom stereocenters. The number of hydrogen-bond donors (Lipinski definition) is 1. The minimum absolute atomic E-state index is 0.147. The molecule has 1 aliphatic carbocycles. The molecular weight excluding hydrogens is 240 g/mol. The standard InChI is InChI=1S/C15H26N2O2/c1-2-15(5-3-6-15)11-16-14(18)12-4-7-17-8-9-19-10-13(12)17/h12-13H,2-11H2,1H3,(H,16,18). The Morgan fingerprint density at radius 2 is 2.26 bits per heavy atom. The first-order valence-corrected chi connectivity index (χ1v) is 7.84. The topological polar surface area (TPSA) is 41.6 Å². The maximum Gasteiger partial charge on any atom is 0.224 e. The van der Waals surface area contributed by atoms with Crippen LogP contribution in [0.25, 0.3) is 0 Å². The summed E-state index contributed by atoms with van der Waals surface area (Å²) in [6.07, 6.45) is 6.09. The van der Waals surface area contributed by atoms with E-state index in [2.05, 4.69) is 17.1 Å². The fourth-order valence-corrected chi connectivity index (χ4v) is 3.85. The van der Waals surface area contributed by atoms with Gasteiger partial charge < -0.3 is 10.1 Å². The zero-order chi connectivity index (χ0) is 13.3. The molecule has 0 aromatic rings. The molecule has 19 heavy (non-hydrogen) atoms. The van der Waals surface area contributed by atoms with Gasteiger partial charge in [-0.15, -0.1) is 0 Å². The molecule has 2 saturated heterocycles. The molecule has 108 valence electrons. The summed E-state index contributed by atoms with van der Waals surface area (Å²) in [6.45, 7) is 6.74. The van der Waals surface area contributed by atoms with Gasteiger partial charge in [-0.3, -0.25) is 9.69 Å². The van der Waals surface area contributed by atoms with Gasteiger partial charge >= 0.3 is 0 Å². The number of nitrogens with one attached hydrogen (secondary N) is 1. The predicted molar refractivity (Wildman–Crippen MR) is 73.9 cm³/mol. The van der Waals surface area contributed by atoms with Crippen LogP contribution in [0.2, 0.25) is 0 Å². The number of rotatable bonds is 4. The highest BCUT2D eigenvalue weighted by Gasteiger charge is 2.41. The number of amides is 1. The van der Waals surface area contributed by atoms with Crippen molar-refractivity contribution in [3.05, 3.63) is 0 Å². The summed E-state index contributed by atoms with van der Waals surface area (Å²) in [5.41, 5.74) is 0.414. The van der Waals surface area contributed by atoms with Crippen LogP contribution in [0, 0.1) is 11.3 Å². The Balaban J connectivity index is 1.53. The van der Waals surface area contributed by atoms with Crippen LogP contribution >= 0.6 is 0 Å². The second kappa shape index (κ2) is 5.41. The van der Waals surface area contributed by atoms with Gasteiger partial charge in [-0.1, -0.05) is 13.3 Å². The highest BCUT2D eigenvalue weighted by molar-refractivity contribution is 5.79. The van der Waals surface area contributed by atoms with Crippen LogP contribution in [0.5, 0.6) is 0 Å². The molecule has 1 saturated carbocycles. The molecule has 1 amide bonds. The summed E-state index contributed by atoms with van der Waals surface area (Å²) in [7, 11) is 0. The van der Waals surface area contributed by atoms with Gasteiger partial charge in [0, 0.05) is 19.1 Å². The Labute approximate surface area is 115 Å². The molecule has 0 spiro atoms. The third kappa shape index (κ3) is 2.52. The third-order valence-corrected chi connectivity index (χ3v) is 5.61. The number of fused-ring (bicyclic) bond motifs is 1. The lowest BCUT2D eigenvalue weighted by atomic mass is 9.67. The van der Waals surface area contributed by atoms with Gasteiger partial charge in [-0.05, 0) is 37.6 Å². The molecular formula is C15H26N2O2. The normalized spacial score (nSPS) is 33.5. The van der Waals surface area contributed by atoms with Crippen LogP contribution < -0.4 is 5.32 Å². The average Bonchev–Trinajstić information content (AvgIpc) is 2.81. The lowest BCUT2D eigenvalue weighted by molar-refractivity contribution is -0.128. The van der Waals surface area contributed by atoms with Gasteiger partial charge in [0.25, 0.3) is 0 Å². The fraction of sp³-hybridized carbons (Fsp3) is 0.933. The van der Waals surface area contributed by atoms with Gasteiger partial charge in [0.2, 0.25) is 5.91 Å². The van der Waals surface area contributed by atoms with Gasteiger partial charge in [-0.25, -0.2) is 0 Å². The van der Waals surface area contributed by atoms with Crippen LogP contribution in [-0.2, 0) is 9.53 Å². The Kier molecular flexibility index (Phi) is 3.81. The predicted octanol–water partition coefficient (Wildman–Crippen LogP) is 1.40. The van der Waals surface area contributed by atoms with E-state index in [1.807, 2.05) is 0 Å². The first kappa shape index (κ1) is 13.4. The molecule has 2 aliphatic heterocycles. The summed E-state index contributed by atoms with van der Waals surface area (Å²) in [5, 5.41) is 3.23. The molecule has 3 rings (SSSR count). The molecule has 0 radical (unpaired) electrons. The molecule has 3 fully saturated rings. The van der Waals surface area contributed by atoms with Crippen molar-refractivity contribution in [1.82, 2.24) is 10.2 Å².